The maximum Gasteiger partial charge on any atom is 0.236 e. The van der Waals surface area contributed by atoms with Crippen LogP contribution in [-0.4, -0.2) is 50.7 Å². The first-order valence-electron chi connectivity index (χ1n) is 6.77. The molecule has 2 aliphatic rings. The lowest BCUT2D eigenvalue weighted by Crippen LogP contribution is -2.41. The zero-order valence-corrected chi connectivity index (χ0v) is 12.0. The van der Waals surface area contributed by atoms with Gasteiger partial charge in [-0.3, -0.25) is 4.79 Å². The maximum absolute atomic E-state index is 12.1. The SMILES string of the molecule is COCCNCC(=O)N(CC1CC1)CC1CC1.Cl. The molecule has 0 heterocycles. The molecule has 0 aliphatic heterocycles. The van der Waals surface area contributed by atoms with E-state index in [1.165, 1.54) is 25.7 Å². The van der Waals surface area contributed by atoms with E-state index in [-0.39, 0.29) is 18.3 Å². The molecule has 2 saturated carbocycles. The molecule has 0 aromatic heterocycles. The number of nitrogens with zero attached hydrogens (tertiary/aromatic N) is 1. The summed E-state index contributed by atoms with van der Waals surface area (Å²) >= 11 is 0. The van der Waals surface area contributed by atoms with Crippen LogP contribution in [0.4, 0.5) is 0 Å². The number of carbonyl (C=O) groups is 1. The van der Waals surface area contributed by atoms with Gasteiger partial charge in [0.1, 0.15) is 0 Å². The minimum absolute atomic E-state index is 0. The van der Waals surface area contributed by atoms with Gasteiger partial charge in [-0.1, -0.05) is 0 Å². The normalized spacial score (nSPS) is 18.3. The highest BCUT2D eigenvalue weighted by Crippen LogP contribution is 2.33. The van der Waals surface area contributed by atoms with E-state index in [1.54, 1.807) is 7.11 Å². The number of methoxy groups -OCH3 is 1. The third-order valence-corrected chi connectivity index (χ3v) is 3.46. The number of nitrogens with one attached hydrogen (secondary N) is 1. The first kappa shape index (κ1) is 15.7. The van der Waals surface area contributed by atoms with Crippen LogP contribution in [0.1, 0.15) is 25.7 Å². The highest BCUT2D eigenvalue weighted by atomic mass is 35.5. The molecule has 2 aliphatic carbocycles. The molecule has 0 aromatic rings. The summed E-state index contributed by atoms with van der Waals surface area (Å²) in [6.07, 6.45) is 5.24. The first-order chi connectivity index (χ1) is 8.29. The van der Waals surface area contributed by atoms with Gasteiger partial charge in [0.25, 0.3) is 0 Å². The molecule has 0 unspecified atom stereocenters. The average molecular weight is 277 g/mol. The van der Waals surface area contributed by atoms with Gasteiger partial charge in [-0.25, -0.2) is 0 Å². The summed E-state index contributed by atoms with van der Waals surface area (Å²) in [5.41, 5.74) is 0. The Hall–Kier alpha value is -0.320. The molecule has 0 spiro atoms. The topological polar surface area (TPSA) is 41.6 Å². The van der Waals surface area contributed by atoms with Crippen molar-refractivity contribution in [3.8, 4) is 0 Å². The summed E-state index contributed by atoms with van der Waals surface area (Å²) < 4.78 is 4.95. The van der Waals surface area contributed by atoms with Crippen molar-refractivity contribution in [2.75, 3.05) is 39.9 Å². The Morgan fingerprint density at radius 3 is 2.22 bits per heavy atom. The molecule has 1 amide bonds. The van der Waals surface area contributed by atoms with E-state index in [4.69, 9.17) is 4.74 Å². The van der Waals surface area contributed by atoms with Gasteiger partial charge in [-0.05, 0) is 37.5 Å². The van der Waals surface area contributed by atoms with Gasteiger partial charge < -0.3 is 15.0 Å². The van der Waals surface area contributed by atoms with Crippen LogP contribution >= 0.6 is 12.4 Å². The quantitative estimate of drug-likeness (QED) is 0.646. The van der Waals surface area contributed by atoms with Crippen LogP contribution < -0.4 is 5.32 Å². The van der Waals surface area contributed by atoms with E-state index in [1.807, 2.05) is 0 Å². The second-order valence-corrected chi connectivity index (χ2v) is 5.36. The molecule has 106 valence electrons. The molecule has 0 aromatic carbocycles. The lowest BCUT2D eigenvalue weighted by atomic mass is 10.3. The number of hydrogen-bond donors (Lipinski definition) is 1. The molecule has 2 rings (SSSR count). The van der Waals surface area contributed by atoms with E-state index in [9.17, 15) is 4.79 Å². The fourth-order valence-electron chi connectivity index (χ4n) is 1.98. The Labute approximate surface area is 116 Å². The maximum atomic E-state index is 12.1. The van der Waals surface area contributed by atoms with Gasteiger partial charge in [-0.2, -0.15) is 0 Å². The zero-order chi connectivity index (χ0) is 12.1. The van der Waals surface area contributed by atoms with Gasteiger partial charge in [0.05, 0.1) is 13.2 Å². The van der Waals surface area contributed by atoms with Gasteiger partial charge in [0.15, 0.2) is 0 Å². The molecule has 5 heteroatoms. The van der Waals surface area contributed by atoms with Crippen LogP contribution in [-0.2, 0) is 9.53 Å². The summed E-state index contributed by atoms with van der Waals surface area (Å²) in [6, 6.07) is 0. The minimum atomic E-state index is 0. The number of hydrogen-bond acceptors (Lipinski definition) is 3. The Morgan fingerprint density at radius 1 is 1.22 bits per heavy atom. The van der Waals surface area contributed by atoms with E-state index >= 15 is 0 Å². The predicted molar refractivity (Wildman–Crippen MR) is 74.0 cm³/mol. The van der Waals surface area contributed by atoms with Crippen LogP contribution in [0.2, 0.25) is 0 Å². The fraction of sp³-hybridized carbons (Fsp3) is 0.923. The Bertz CT molecular complexity index is 241. The van der Waals surface area contributed by atoms with Crippen molar-refractivity contribution in [1.82, 2.24) is 10.2 Å². The lowest BCUT2D eigenvalue weighted by molar-refractivity contribution is -0.130. The minimum Gasteiger partial charge on any atom is -0.383 e. The third kappa shape index (κ3) is 6.03. The van der Waals surface area contributed by atoms with E-state index in [0.717, 1.165) is 31.5 Å². The molecule has 0 radical (unpaired) electrons. The van der Waals surface area contributed by atoms with E-state index < -0.39 is 0 Å². The smallest absolute Gasteiger partial charge is 0.236 e. The number of ether oxygens (including phenoxy) is 1. The van der Waals surface area contributed by atoms with Gasteiger partial charge in [0, 0.05) is 26.7 Å². The molecule has 0 bridgehead atoms. The average Bonchev–Trinajstić information content (AvgIpc) is 3.17. The Kier molecular flexibility index (Phi) is 6.97. The summed E-state index contributed by atoms with van der Waals surface area (Å²) in [6.45, 7) is 3.85. The molecular formula is C13H25ClN2O2. The molecule has 0 atom stereocenters. The summed E-state index contributed by atoms with van der Waals surface area (Å²) in [7, 11) is 1.68. The first-order valence-corrected chi connectivity index (χ1v) is 6.77. The molecular weight excluding hydrogens is 252 g/mol. The third-order valence-electron chi connectivity index (χ3n) is 3.46. The molecule has 2 fully saturated rings. The summed E-state index contributed by atoms with van der Waals surface area (Å²) in [4.78, 5) is 14.1. The van der Waals surface area contributed by atoms with Crippen molar-refractivity contribution in [2.24, 2.45) is 11.8 Å². The molecule has 0 saturated heterocycles. The standard InChI is InChI=1S/C13H24N2O2.ClH/c1-17-7-6-14-8-13(16)15(9-11-2-3-11)10-12-4-5-12;/h11-12,14H,2-10H2,1H3;1H. The van der Waals surface area contributed by atoms with E-state index in [2.05, 4.69) is 10.2 Å². The number of rotatable bonds is 9. The predicted octanol–water partition coefficient (Wildman–Crippen LogP) is 1.29. The van der Waals surface area contributed by atoms with Crippen molar-refractivity contribution < 1.29 is 9.53 Å². The second-order valence-electron chi connectivity index (χ2n) is 5.36. The van der Waals surface area contributed by atoms with Crippen molar-refractivity contribution in [3.05, 3.63) is 0 Å². The van der Waals surface area contributed by atoms with Crippen molar-refractivity contribution in [3.63, 3.8) is 0 Å². The van der Waals surface area contributed by atoms with Gasteiger partial charge in [0.2, 0.25) is 5.91 Å². The lowest BCUT2D eigenvalue weighted by Gasteiger charge is -2.22. The van der Waals surface area contributed by atoms with Crippen LogP contribution in [0.5, 0.6) is 0 Å². The summed E-state index contributed by atoms with van der Waals surface area (Å²) in [5, 5.41) is 3.14. The number of carbonyl (C=O) groups excluding carboxylic acids is 1. The monoisotopic (exact) mass is 276 g/mol. The highest BCUT2D eigenvalue weighted by Gasteiger charge is 2.31. The van der Waals surface area contributed by atoms with Gasteiger partial charge in [-0.15, -0.1) is 12.4 Å². The molecule has 4 nitrogen and oxygen atoms in total. The van der Waals surface area contributed by atoms with Crippen molar-refractivity contribution >= 4 is 18.3 Å². The number of amides is 1. The molecule has 18 heavy (non-hydrogen) atoms. The molecule has 1 N–H and O–H groups in total. The van der Waals surface area contributed by atoms with Crippen LogP contribution in [0, 0.1) is 11.8 Å². The van der Waals surface area contributed by atoms with Crippen LogP contribution in [0.15, 0.2) is 0 Å². The zero-order valence-electron chi connectivity index (χ0n) is 11.2. The van der Waals surface area contributed by atoms with E-state index in [0.29, 0.717) is 13.2 Å². The van der Waals surface area contributed by atoms with Crippen LogP contribution in [0.25, 0.3) is 0 Å². The summed E-state index contributed by atoms with van der Waals surface area (Å²) in [5.74, 6) is 1.84. The van der Waals surface area contributed by atoms with Crippen LogP contribution in [0.3, 0.4) is 0 Å². The Balaban J connectivity index is 0.00000162. The van der Waals surface area contributed by atoms with Gasteiger partial charge >= 0.3 is 0 Å². The number of halogens is 1. The Morgan fingerprint density at radius 2 is 1.78 bits per heavy atom. The fourth-order valence-corrected chi connectivity index (χ4v) is 1.98. The second kappa shape index (κ2) is 7.97. The largest absolute Gasteiger partial charge is 0.383 e. The van der Waals surface area contributed by atoms with Crippen molar-refractivity contribution in [1.29, 1.82) is 0 Å². The van der Waals surface area contributed by atoms with Crippen molar-refractivity contribution in [2.45, 2.75) is 25.7 Å². The highest BCUT2D eigenvalue weighted by molar-refractivity contribution is 5.85.